The Morgan fingerprint density at radius 3 is 2.81 bits per heavy atom. The second-order valence-electron chi connectivity index (χ2n) is 8.33. The van der Waals surface area contributed by atoms with E-state index in [0.717, 1.165) is 23.4 Å². The van der Waals surface area contributed by atoms with Gasteiger partial charge in [0, 0.05) is 54.5 Å². The Kier molecular flexibility index (Phi) is 4.02. The molecule has 2 N–H and O–H groups in total. The number of aromatic amines is 1. The molecule has 1 aliphatic rings. The average Bonchev–Trinajstić information content (AvgIpc) is 3.14. The molecule has 0 radical (unpaired) electrons. The minimum Gasteiger partial charge on any atom is -0.358 e. The lowest BCUT2D eigenvalue weighted by Crippen LogP contribution is -2.60. The van der Waals surface area contributed by atoms with Crippen LogP contribution in [0.3, 0.4) is 0 Å². The number of urea groups is 1. The first-order chi connectivity index (χ1) is 12.8. The lowest BCUT2D eigenvalue weighted by Gasteiger charge is -2.53. The fourth-order valence-corrected chi connectivity index (χ4v) is 4.14. The molecule has 0 bridgehead atoms. The van der Waals surface area contributed by atoms with E-state index < -0.39 is 0 Å². The molecule has 0 saturated carbocycles. The molecule has 0 aliphatic carbocycles. The predicted octanol–water partition coefficient (Wildman–Crippen LogP) is 3.81. The third-order valence-electron chi connectivity index (χ3n) is 5.81. The Morgan fingerprint density at radius 1 is 1.37 bits per heavy atom. The quantitative estimate of drug-likeness (QED) is 0.741. The molecule has 4 rings (SSSR count). The van der Waals surface area contributed by atoms with Crippen molar-refractivity contribution in [3.05, 3.63) is 53.2 Å². The highest BCUT2D eigenvalue weighted by atomic mass is 16.2. The first-order valence-corrected chi connectivity index (χ1v) is 9.37. The number of hydrogen-bond acceptors (Lipinski definition) is 2. The molecule has 27 heavy (non-hydrogen) atoms. The number of H-pyrrole nitrogens is 1. The molecule has 1 saturated heterocycles. The van der Waals surface area contributed by atoms with Crippen LogP contribution in [0.15, 0.2) is 30.6 Å². The Hall–Kier alpha value is -2.76. The molecule has 2 aromatic heterocycles. The third kappa shape index (κ3) is 2.89. The predicted molar refractivity (Wildman–Crippen MR) is 106 cm³/mol. The van der Waals surface area contributed by atoms with Gasteiger partial charge in [-0.2, -0.15) is 0 Å². The van der Waals surface area contributed by atoms with E-state index in [9.17, 15) is 4.79 Å². The number of fused-ring (bicyclic) bond motifs is 1. The van der Waals surface area contributed by atoms with Crippen molar-refractivity contribution < 1.29 is 4.79 Å². The van der Waals surface area contributed by atoms with Gasteiger partial charge in [0.15, 0.2) is 0 Å². The number of rotatable bonds is 3. The van der Waals surface area contributed by atoms with Gasteiger partial charge in [0.1, 0.15) is 5.82 Å². The highest BCUT2D eigenvalue weighted by Crippen LogP contribution is 2.47. The number of benzene rings is 1. The lowest BCUT2D eigenvalue weighted by atomic mass is 9.74. The van der Waals surface area contributed by atoms with E-state index in [2.05, 4.69) is 61.2 Å². The Labute approximate surface area is 159 Å². The first kappa shape index (κ1) is 17.6. The van der Waals surface area contributed by atoms with E-state index in [1.54, 1.807) is 6.20 Å². The Balaban J connectivity index is 1.48. The molecule has 1 fully saturated rings. The van der Waals surface area contributed by atoms with E-state index in [0.29, 0.717) is 6.54 Å². The molecular formula is C21H27N5O. The summed E-state index contributed by atoms with van der Waals surface area (Å²) in [7, 11) is 1.98. The van der Waals surface area contributed by atoms with Gasteiger partial charge in [0.25, 0.3) is 0 Å². The average molecular weight is 365 g/mol. The maximum Gasteiger partial charge on any atom is 0.318 e. The first-order valence-electron chi connectivity index (χ1n) is 9.37. The molecular weight excluding hydrogens is 338 g/mol. The van der Waals surface area contributed by atoms with Crippen LogP contribution in [0.1, 0.15) is 42.5 Å². The summed E-state index contributed by atoms with van der Waals surface area (Å²) >= 11 is 0. The van der Waals surface area contributed by atoms with Crippen LogP contribution in [0.5, 0.6) is 0 Å². The van der Waals surface area contributed by atoms with Crippen LogP contribution >= 0.6 is 0 Å². The number of amides is 2. The van der Waals surface area contributed by atoms with E-state index in [4.69, 9.17) is 0 Å². The van der Waals surface area contributed by atoms with Crippen molar-refractivity contribution in [1.82, 2.24) is 24.8 Å². The number of carbonyl (C=O) groups is 1. The van der Waals surface area contributed by atoms with Crippen molar-refractivity contribution >= 4 is 16.9 Å². The third-order valence-corrected chi connectivity index (χ3v) is 5.81. The number of imidazole rings is 1. The van der Waals surface area contributed by atoms with Gasteiger partial charge >= 0.3 is 6.03 Å². The van der Waals surface area contributed by atoms with E-state index in [1.807, 2.05) is 22.7 Å². The second kappa shape index (κ2) is 6.15. The summed E-state index contributed by atoms with van der Waals surface area (Å²) in [5.74, 6) is 0.932. The number of carbonyl (C=O) groups excluding carboxylic acids is 1. The van der Waals surface area contributed by atoms with Gasteiger partial charge < -0.3 is 19.8 Å². The molecule has 1 atom stereocenters. The van der Waals surface area contributed by atoms with Gasteiger partial charge in [-0.15, -0.1) is 0 Å². The summed E-state index contributed by atoms with van der Waals surface area (Å²) in [5.41, 5.74) is 4.71. The van der Waals surface area contributed by atoms with Crippen molar-refractivity contribution in [2.24, 2.45) is 12.5 Å². The molecule has 1 aliphatic heterocycles. The highest BCUT2D eigenvalue weighted by molar-refractivity contribution is 5.85. The van der Waals surface area contributed by atoms with Crippen LogP contribution in [0.2, 0.25) is 0 Å². The number of likely N-dealkylation sites (tertiary alicyclic amines) is 1. The van der Waals surface area contributed by atoms with E-state index in [1.165, 1.54) is 16.6 Å². The smallest absolute Gasteiger partial charge is 0.318 e. The second-order valence-corrected chi connectivity index (χ2v) is 8.33. The maximum atomic E-state index is 12.8. The summed E-state index contributed by atoms with van der Waals surface area (Å²) < 4.78 is 2.00. The van der Waals surface area contributed by atoms with Gasteiger partial charge in [-0.25, -0.2) is 9.78 Å². The number of nitrogens with one attached hydrogen (secondary N) is 2. The molecule has 2 amide bonds. The Bertz CT molecular complexity index is 1010. The zero-order valence-electron chi connectivity index (χ0n) is 16.6. The summed E-state index contributed by atoms with van der Waals surface area (Å²) in [6, 6.07) is 6.26. The van der Waals surface area contributed by atoms with Crippen molar-refractivity contribution in [1.29, 1.82) is 0 Å². The monoisotopic (exact) mass is 365 g/mol. The number of aryl methyl sites for hydroxylation is 3. The molecule has 1 unspecified atom stereocenters. The lowest BCUT2D eigenvalue weighted by molar-refractivity contribution is -0.0230. The molecule has 6 nitrogen and oxygen atoms in total. The van der Waals surface area contributed by atoms with Gasteiger partial charge in [-0.05, 0) is 37.1 Å². The van der Waals surface area contributed by atoms with Crippen molar-refractivity contribution in [3.63, 3.8) is 0 Å². The van der Waals surface area contributed by atoms with E-state index in [-0.39, 0.29) is 17.5 Å². The van der Waals surface area contributed by atoms with Crippen molar-refractivity contribution in [2.45, 2.75) is 40.3 Å². The van der Waals surface area contributed by atoms with Crippen molar-refractivity contribution in [2.75, 3.05) is 6.54 Å². The number of hydrogen-bond donors (Lipinski definition) is 2. The maximum absolute atomic E-state index is 12.8. The molecule has 3 heterocycles. The standard InChI is InChI=1S/C21H27N5O/c1-13-14(2)24-17-7-6-15(10-16(13)17)11-23-20(27)26-12-21(3,4)18(26)19-22-8-9-25(19)5/h6-10,18,24H,11-12H2,1-5H3,(H,23,27). The molecule has 0 spiro atoms. The van der Waals surface area contributed by atoms with Gasteiger partial charge in [-0.3, -0.25) is 0 Å². The Morgan fingerprint density at radius 2 is 2.15 bits per heavy atom. The minimum absolute atomic E-state index is 0.00505. The number of aromatic nitrogens is 3. The van der Waals surface area contributed by atoms with Crippen LogP contribution < -0.4 is 5.32 Å². The normalized spacial score (nSPS) is 18.6. The van der Waals surface area contributed by atoms with Gasteiger partial charge in [0.2, 0.25) is 0 Å². The van der Waals surface area contributed by atoms with Crippen LogP contribution in [-0.4, -0.2) is 32.0 Å². The SMILES string of the molecule is Cc1[nH]c2ccc(CNC(=O)N3CC(C)(C)C3c3nccn3C)cc2c1C. The van der Waals surface area contributed by atoms with Gasteiger partial charge in [-0.1, -0.05) is 19.9 Å². The topological polar surface area (TPSA) is 66.0 Å². The van der Waals surface area contributed by atoms with Gasteiger partial charge in [0.05, 0.1) is 6.04 Å². The highest BCUT2D eigenvalue weighted by Gasteiger charge is 2.50. The summed E-state index contributed by atoms with van der Waals surface area (Å²) in [6.07, 6.45) is 3.71. The molecule has 142 valence electrons. The zero-order chi connectivity index (χ0) is 19.3. The van der Waals surface area contributed by atoms with Crippen molar-refractivity contribution in [3.8, 4) is 0 Å². The fourth-order valence-electron chi connectivity index (χ4n) is 4.14. The minimum atomic E-state index is -0.0376. The van der Waals surface area contributed by atoms with Crippen LogP contribution in [0.4, 0.5) is 4.79 Å². The van der Waals surface area contributed by atoms with Crippen LogP contribution in [0, 0.1) is 19.3 Å². The summed E-state index contributed by atoms with van der Waals surface area (Å²) in [6.45, 7) is 9.81. The largest absolute Gasteiger partial charge is 0.358 e. The summed E-state index contributed by atoms with van der Waals surface area (Å²) in [4.78, 5) is 22.5. The summed E-state index contributed by atoms with van der Waals surface area (Å²) in [5, 5.41) is 4.30. The molecule has 6 heteroatoms. The number of nitrogens with zero attached hydrogens (tertiary/aromatic N) is 3. The van der Waals surface area contributed by atoms with Crippen LogP contribution in [-0.2, 0) is 13.6 Å². The van der Waals surface area contributed by atoms with Crippen LogP contribution in [0.25, 0.3) is 10.9 Å². The van der Waals surface area contributed by atoms with E-state index >= 15 is 0 Å². The fraction of sp³-hybridized carbons (Fsp3) is 0.429. The molecule has 3 aromatic rings. The zero-order valence-corrected chi connectivity index (χ0v) is 16.6. The molecule has 1 aromatic carbocycles.